The molecule has 0 spiro atoms. The van der Waals surface area contributed by atoms with Gasteiger partial charge in [-0.25, -0.2) is 10.2 Å². The van der Waals surface area contributed by atoms with Crippen LogP contribution >= 0.6 is 0 Å². The summed E-state index contributed by atoms with van der Waals surface area (Å²) in [7, 11) is 0. The molecule has 1 amide bonds. The number of rotatable bonds is 3. The molecule has 18 heavy (non-hydrogen) atoms. The SMILES string of the molecule is CC(C=Cc1ccco1)=NNC(=O)OC(C)(C)C. The van der Waals surface area contributed by atoms with Crippen molar-refractivity contribution in [2.45, 2.75) is 33.3 Å². The van der Waals surface area contributed by atoms with E-state index in [9.17, 15) is 4.79 Å². The highest BCUT2D eigenvalue weighted by molar-refractivity contribution is 5.96. The number of amides is 1. The summed E-state index contributed by atoms with van der Waals surface area (Å²) in [4.78, 5) is 11.3. The third-order valence-corrected chi connectivity index (χ3v) is 1.75. The van der Waals surface area contributed by atoms with Gasteiger partial charge in [-0.2, -0.15) is 5.10 Å². The second-order valence-corrected chi connectivity index (χ2v) is 4.72. The molecular formula is C13H18N2O3. The van der Waals surface area contributed by atoms with E-state index >= 15 is 0 Å². The van der Waals surface area contributed by atoms with Crippen LogP contribution in [0.15, 0.2) is 34.0 Å². The quantitative estimate of drug-likeness (QED) is 0.661. The number of ether oxygens (including phenoxy) is 1. The molecule has 0 fully saturated rings. The first-order valence-electron chi connectivity index (χ1n) is 5.62. The highest BCUT2D eigenvalue weighted by Gasteiger charge is 2.15. The first kappa shape index (κ1) is 14.0. The second-order valence-electron chi connectivity index (χ2n) is 4.72. The van der Waals surface area contributed by atoms with Gasteiger partial charge in [0.25, 0.3) is 0 Å². The van der Waals surface area contributed by atoms with E-state index in [0.29, 0.717) is 5.71 Å². The smallest absolute Gasteiger partial charge is 0.428 e. The molecule has 5 heteroatoms. The molecule has 0 aliphatic heterocycles. The van der Waals surface area contributed by atoms with Crippen LogP contribution in [0.2, 0.25) is 0 Å². The molecule has 5 nitrogen and oxygen atoms in total. The largest absolute Gasteiger partial charge is 0.465 e. The Morgan fingerprint density at radius 3 is 2.78 bits per heavy atom. The van der Waals surface area contributed by atoms with Gasteiger partial charge < -0.3 is 9.15 Å². The number of furan rings is 1. The summed E-state index contributed by atoms with van der Waals surface area (Å²) in [6, 6.07) is 3.62. The monoisotopic (exact) mass is 250 g/mol. The summed E-state index contributed by atoms with van der Waals surface area (Å²) in [5.74, 6) is 0.724. The molecule has 0 unspecified atom stereocenters. The predicted molar refractivity (Wildman–Crippen MR) is 70.2 cm³/mol. The summed E-state index contributed by atoms with van der Waals surface area (Å²) in [5, 5.41) is 3.87. The van der Waals surface area contributed by atoms with E-state index in [-0.39, 0.29) is 0 Å². The van der Waals surface area contributed by atoms with E-state index in [1.807, 2.05) is 6.07 Å². The van der Waals surface area contributed by atoms with E-state index in [1.165, 1.54) is 0 Å². The van der Waals surface area contributed by atoms with E-state index in [4.69, 9.17) is 9.15 Å². The summed E-state index contributed by atoms with van der Waals surface area (Å²) in [6.45, 7) is 7.14. The van der Waals surface area contributed by atoms with Crippen LogP contribution in [-0.2, 0) is 4.74 Å². The molecule has 0 bridgehead atoms. The number of nitrogens with zero attached hydrogens (tertiary/aromatic N) is 1. The number of hydrogen-bond donors (Lipinski definition) is 1. The van der Waals surface area contributed by atoms with Crippen LogP contribution in [0.3, 0.4) is 0 Å². The van der Waals surface area contributed by atoms with Crippen molar-refractivity contribution in [2.24, 2.45) is 5.10 Å². The molecular weight excluding hydrogens is 232 g/mol. The van der Waals surface area contributed by atoms with Gasteiger partial charge in [0.05, 0.1) is 12.0 Å². The van der Waals surface area contributed by atoms with Gasteiger partial charge in [-0.05, 0) is 52.0 Å². The minimum Gasteiger partial charge on any atom is -0.465 e. The highest BCUT2D eigenvalue weighted by atomic mass is 16.6. The molecule has 0 aliphatic rings. The molecule has 0 radical (unpaired) electrons. The molecule has 98 valence electrons. The van der Waals surface area contributed by atoms with Gasteiger partial charge >= 0.3 is 6.09 Å². The Morgan fingerprint density at radius 2 is 2.22 bits per heavy atom. The standard InChI is InChI=1S/C13H18N2O3/c1-10(7-8-11-6-5-9-17-11)14-15-12(16)18-13(2,3)4/h5-9H,1-4H3,(H,15,16). The highest BCUT2D eigenvalue weighted by Crippen LogP contribution is 2.06. The van der Waals surface area contributed by atoms with Crippen molar-refractivity contribution in [1.29, 1.82) is 0 Å². The Bertz CT molecular complexity index is 439. The number of hydrogen-bond acceptors (Lipinski definition) is 4. The first-order valence-corrected chi connectivity index (χ1v) is 5.62. The van der Waals surface area contributed by atoms with Crippen LogP contribution in [-0.4, -0.2) is 17.4 Å². The average Bonchev–Trinajstić information content (AvgIpc) is 2.74. The van der Waals surface area contributed by atoms with Crippen molar-refractivity contribution < 1.29 is 13.9 Å². The molecule has 1 N–H and O–H groups in total. The van der Waals surface area contributed by atoms with Gasteiger partial charge in [-0.1, -0.05) is 0 Å². The maximum Gasteiger partial charge on any atom is 0.428 e. The predicted octanol–water partition coefficient (Wildman–Crippen LogP) is 3.19. The van der Waals surface area contributed by atoms with Gasteiger partial charge in [0.1, 0.15) is 11.4 Å². The van der Waals surface area contributed by atoms with Crippen molar-refractivity contribution in [3.05, 3.63) is 30.2 Å². The van der Waals surface area contributed by atoms with Crippen LogP contribution in [0.1, 0.15) is 33.5 Å². The van der Waals surface area contributed by atoms with Gasteiger partial charge in [0.2, 0.25) is 0 Å². The lowest BCUT2D eigenvalue weighted by Crippen LogP contribution is -2.30. The van der Waals surface area contributed by atoms with E-state index in [0.717, 1.165) is 5.76 Å². The fraction of sp³-hybridized carbons (Fsp3) is 0.385. The number of carbonyl (C=O) groups is 1. The lowest BCUT2D eigenvalue weighted by Gasteiger charge is -2.18. The fourth-order valence-electron chi connectivity index (χ4n) is 1.06. The minimum atomic E-state index is -0.576. The zero-order valence-corrected chi connectivity index (χ0v) is 11.1. The van der Waals surface area contributed by atoms with Gasteiger partial charge in [0, 0.05) is 0 Å². The molecule has 0 atom stereocenters. The number of allylic oxidation sites excluding steroid dienone is 1. The Morgan fingerprint density at radius 1 is 1.50 bits per heavy atom. The fourth-order valence-corrected chi connectivity index (χ4v) is 1.06. The van der Waals surface area contributed by atoms with Crippen molar-refractivity contribution in [3.63, 3.8) is 0 Å². The van der Waals surface area contributed by atoms with Crippen LogP contribution in [0.5, 0.6) is 0 Å². The van der Waals surface area contributed by atoms with Gasteiger partial charge in [-0.3, -0.25) is 0 Å². The van der Waals surface area contributed by atoms with Gasteiger partial charge in [-0.15, -0.1) is 0 Å². The average molecular weight is 250 g/mol. The molecule has 0 aliphatic carbocycles. The second kappa shape index (κ2) is 6.05. The topological polar surface area (TPSA) is 63.8 Å². The lowest BCUT2D eigenvalue weighted by molar-refractivity contribution is 0.0529. The normalized spacial score (nSPS) is 12.8. The van der Waals surface area contributed by atoms with Crippen LogP contribution < -0.4 is 5.43 Å². The van der Waals surface area contributed by atoms with E-state index in [2.05, 4.69) is 10.5 Å². The van der Waals surface area contributed by atoms with Crippen molar-refractivity contribution >= 4 is 17.9 Å². The molecule has 1 aromatic heterocycles. The maximum absolute atomic E-state index is 11.3. The Hall–Kier alpha value is -2.04. The number of carbonyl (C=O) groups excluding carboxylic acids is 1. The molecule has 0 aromatic carbocycles. The zero-order valence-electron chi connectivity index (χ0n) is 11.1. The molecule has 0 saturated heterocycles. The van der Waals surface area contributed by atoms with Crippen molar-refractivity contribution in [1.82, 2.24) is 5.43 Å². The molecule has 1 aromatic rings. The van der Waals surface area contributed by atoms with Crippen LogP contribution in [0, 0.1) is 0 Å². The third-order valence-electron chi connectivity index (χ3n) is 1.75. The van der Waals surface area contributed by atoms with Crippen molar-refractivity contribution in [2.75, 3.05) is 0 Å². The Balaban J connectivity index is 2.45. The number of hydrazone groups is 1. The minimum absolute atomic E-state index is 0.530. The number of nitrogens with one attached hydrogen (secondary N) is 1. The Kier molecular flexibility index (Phi) is 4.71. The summed E-state index contributed by atoms with van der Waals surface area (Å²) in [6.07, 6.45) is 4.50. The van der Waals surface area contributed by atoms with Crippen molar-refractivity contribution in [3.8, 4) is 0 Å². The molecule has 1 heterocycles. The van der Waals surface area contributed by atoms with E-state index < -0.39 is 11.7 Å². The summed E-state index contributed by atoms with van der Waals surface area (Å²) >= 11 is 0. The zero-order chi connectivity index (χ0) is 13.6. The maximum atomic E-state index is 11.3. The molecule has 0 saturated carbocycles. The lowest BCUT2D eigenvalue weighted by atomic mass is 10.2. The Labute approximate surface area is 107 Å². The summed E-state index contributed by atoms with van der Waals surface area (Å²) < 4.78 is 10.2. The summed E-state index contributed by atoms with van der Waals surface area (Å²) in [5.41, 5.74) is 2.42. The van der Waals surface area contributed by atoms with Crippen LogP contribution in [0.25, 0.3) is 6.08 Å². The van der Waals surface area contributed by atoms with Gasteiger partial charge in [0.15, 0.2) is 0 Å². The van der Waals surface area contributed by atoms with E-state index in [1.54, 1.807) is 52.2 Å². The van der Waals surface area contributed by atoms with Crippen LogP contribution in [0.4, 0.5) is 4.79 Å². The first-order chi connectivity index (χ1) is 8.37. The molecule has 1 rings (SSSR count). The third kappa shape index (κ3) is 5.89.